The number of Topliss-reactive ketones (excluding diaryl/α,β-unsaturated/α-hetero) is 1. The maximum Gasteiger partial charge on any atom is 0.307 e. The first-order valence-corrected chi connectivity index (χ1v) is 8.36. The quantitative estimate of drug-likeness (QED) is 0.813. The van der Waals surface area contributed by atoms with E-state index >= 15 is 0 Å². The molecule has 0 aliphatic heterocycles. The van der Waals surface area contributed by atoms with Crippen LogP contribution in [0.3, 0.4) is 0 Å². The summed E-state index contributed by atoms with van der Waals surface area (Å²) >= 11 is 9.66. The van der Waals surface area contributed by atoms with Gasteiger partial charge in [0.1, 0.15) is 5.38 Å². The summed E-state index contributed by atoms with van der Waals surface area (Å²) in [6, 6.07) is 7.28. The van der Waals surface area contributed by atoms with Gasteiger partial charge in [-0.2, -0.15) is 0 Å². The number of carbonyl (C=O) groups excluding carboxylic acids is 1. The molecule has 2 saturated carbocycles. The molecule has 0 amide bonds. The summed E-state index contributed by atoms with van der Waals surface area (Å²) < 4.78 is 0.921. The SMILES string of the molecule is O=C(O)C1CC2CC2CC1C(=O)C(Cl)c1ccc(Br)cc1. The molecule has 2 aliphatic carbocycles. The highest BCUT2D eigenvalue weighted by atomic mass is 79.9. The predicted octanol–water partition coefficient (Wildman–Crippen LogP) is 4.05. The van der Waals surface area contributed by atoms with E-state index in [-0.39, 0.29) is 5.78 Å². The van der Waals surface area contributed by atoms with Crippen molar-refractivity contribution in [1.82, 2.24) is 0 Å². The molecule has 112 valence electrons. The van der Waals surface area contributed by atoms with Crippen LogP contribution in [0.2, 0.25) is 0 Å². The van der Waals surface area contributed by atoms with Gasteiger partial charge in [-0.15, -0.1) is 11.6 Å². The summed E-state index contributed by atoms with van der Waals surface area (Å²) in [6.07, 6.45) is 2.37. The number of aliphatic carboxylic acids is 1. The zero-order chi connectivity index (χ0) is 15.1. The Kier molecular flexibility index (Phi) is 4.10. The summed E-state index contributed by atoms with van der Waals surface area (Å²) in [5.74, 6) is -0.981. The van der Waals surface area contributed by atoms with E-state index in [2.05, 4.69) is 15.9 Å². The van der Waals surface area contributed by atoms with E-state index in [1.807, 2.05) is 12.1 Å². The lowest BCUT2D eigenvalue weighted by atomic mass is 9.75. The number of rotatable bonds is 4. The van der Waals surface area contributed by atoms with Crippen molar-refractivity contribution >= 4 is 39.3 Å². The first-order chi connectivity index (χ1) is 9.97. The molecule has 0 aromatic heterocycles. The minimum atomic E-state index is -0.863. The molecule has 0 saturated heterocycles. The summed E-state index contributed by atoms with van der Waals surface area (Å²) in [6.45, 7) is 0. The average Bonchev–Trinajstić information content (AvgIpc) is 3.23. The molecule has 1 N–H and O–H groups in total. The highest BCUT2D eigenvalue weighted by molar-refractivity contribution is 9.10. The standard InChI is InChI=1S/C16H16BrClO3/c17-11-3-1-8(2-4-11)14(18)15(19)12-6-9-5-10(9)7-13(12)16(20)21/h1-4,9-10,12-14H,5-7H2,(H,20,21). The van der Waals surface area contributed by atoms with Gasteiger partial charge >= 0.3 is 5.97 Å². The Balaban J connectivity index is 1.79. The number of alkyl halides is 1. The highest BCUT2D eigenvalue weighted by Crippen LogP contribution is 2.54. The lowest BCUT2D eigenvalue weighted by Gasteiger charge is -2.28. The fraction of sp³-hybridized carbons (Fsp3) is 0.500. The summed E-state index contributed by atoms with van der Waals surface area (Å²) in [5, 5.41) is 8.62. The van der Waals surface area contributed by atoms with Crippen LogP contribution in [0, 0.1) is 23.7 Å². The number of carboxylic acid groups (broad SMARTS) is 1. The van der Waals surface area contributed by atoms with E-state index in [9.17, 15) is 14.7 Å². The molecule has 0 bridgehead atoms. The van der Waals surface area contributed by atoms with Crippen molar-refractivity contribution in [3.63, 3.8) is 0 Å². The third kappa shape index (κ3) is 3.02. The van der Waals surface area contributed by atoms with Crippen LogP contribution in [-0.4, -0.2) is 16.9 Å². The zero-order valence-corrected chi connectivity index (χ0v) is 13.7. The van der Waals surface area contributed by atoms with Gasteiger partial charge in [0.05, 0.1) is 5.92 Å². The Hall–Kier alpha value is -0.870. The van der Waals surface area contributed by atoms with Crippen LogP contribution in [0.15, 0.2) is 28.7 Å². The van der Waals surface area contributed by atoms with E-state index < -0.39 is 23.2 Å². The predicted molar refractivity (Wildman–Crippen MR) is 83.2 cm³/mol. The molecular formula is C16H16BrClO3. The second-order valence-electron chi connectivity index (χ2n) is 6.09. The average molecular weight is 372 g/mol. The van der Waals surface area contributed by atoms with Gasteiger partial charge in [-0.25, -0.2) is 0 Å². The number of benzene rings is 1. The smallest absolute Gasteiger partial charge is 0.307 e. The Morgan fingerprint density at radius 1 is 1.10 bits per heavy atom. The molecule has 3 nitrogen and oxygen atoms in total. The van der Waals surface area contributed by atoms with Crippen LogP contribution in [-0.2, 0) is 9.59 Å². The highest BCUT2D eigenvalue weighted by Gasteiger charge is 2.51. The van der Waals surface area contributed by atoms with Gasteiger partial charge in [-0.3, -0.25) is 9.59 Å². The second-order valence-corrected chi connectivity index (χ2v) is 7.45. The van der Waals surface area contributed by atoms with Gasteiger partial charge in [-0.1, -0.05) is 28.1 Å². The molecular weight excluding hydrogens is 356 g/mol. The van der Waals surface area contributed by atoms with Crippen molar-refractivity contribution in [2.24, 2.45) is 23.7 Å². The lowest BCUT2D eigenvalue weighted by molar-refractivity contribution is -0.148. The number of carbonyl (C=O) groups is 2. The Morgan fingerprint density at radius 2 is 1.67 bits per heavy atom. The Bertz CT molecular complexity index is 571. The van der Waals surface area contributed by atoms with E-state index in [1.54, 1.807) is 12.1 Å². The molecule has 5 heteroatoms. The van der Waals surface area contributed by atoms with E-state index in [0.717, 1.165) is 16.5 Å². The second kappa shape index (κ2) is 5.73. The molecule has 0 heterocycles. The largest absolute Gasteiger partial charge is 0.481 e. The molecule has 3 rings (SSSR count). The van der Waals surface area contributed by atoms with Gasteiger partial charge in [0.2, 0.25) is 0 Å². The molecule has 1 aromatic carbocycles. The molecule has 2 fully saturated rings. The number of ketones is 1. The van der Waals surface area contributed by atoms with Gasteiger partial charge in [0.25, 0.3) is 0 Å². The summed E-state index contributed by atoms with van der Waals surface area (Å²) in [5.41, 5.74) is 0.729. The van der Waals surface area contributed by atoms with Gasteiger partial charge in [-0.05, 0) is 48.8 Å². The van der Waals surface area contributed by atoms with Crippen LogP contribution >= 0.6 is 27.5 Å². The number of hydrogen-bond donors (Lipinski definition) is 1. The molecule has 5 atom stereocenters. The monoisotopic (exact) mass is 370 g/mol. The van der Waals surface area contributed by atoms with Crippen molar-refractivity contribution in [3.05, 3.63) is 34.3 Å². The van der Waals surface area contributed by atoms with Crippen LogP contribution in [0.5, 0.6) is 0 Å². The summed E-state index contributed by atoms with van der Waals surface area (Å²) in [4.78, 5) is 24.1. The van der Waals surface area contributed by atoms with E-state index in [4.69, 9.17) is 11.6 Å². The number of halogens is 2. The van der Waals surface area contributed by atoms with Crippen LogP contribution in [0.1, 0.15) is 30.2 Å². The first kappa shape index (κ1) is 15.0. The maximum absolute atomic E-state index is 12.7. The lowest BCUT2D eigenvalue weighted by Crippen LogP contribution is -2.35. The first-order valence-electron chi connectivity index (χ1n) is 7.13. The Labute approximate surface area is 136 Å². The molecule has 5 unspecified atom stereocenters. The minimum absolute atomic E-state index is 0.142. The molecule has 0 spiro atoms. The van der Waals surface area contributed by atoms with Crippen molar-refractivity contribution in [3.8, 4) is 0 Å². The third-order valence-corrected chi connectivity index (χ3v) is 5.76. The fourth-order valence-electron chi connectivity index (χ4n) is 3.44. The number of fused-ring (bicyclic) bond motifs is 1. The number of hydrogen-bond acceptors (Lipinski definition) is 2. The van der Waals surface area contributed by atoms with Crippen LogP contribution < -0.4 is 0 Å². The van der Waals surface area contributed by atoms with Gasteiger partial charge in [0, 0.05) is 10.4 Å². The topological polar surface area (TPSA) is 54.4 Å². The van der Waals surface area contributed by atoms with E-state index in [1.165, 1.54) is 0 Å². The molecule has 21 heavy (non-hydrogen) atoms. The van der Waals surface area contributed by atoms with Crippen LogP contribution in [0.4, 0.5) is 0 Å². The third-order valence-electron chi connectivity index (χ3n) is 4.76. The van der Waals surface area contributed by atoms with Crippen molar-refractivity contribution in [1.29, 1.82) is 0 Å². The van der Waals surface area contributed by atoms with Gasteiger partial charge < -0.3 is 5.11 Å². The van der Waals surface area contributed by atoms with Crippen molar-refractivity contribution in [2.45, 2.75) is 24.6 Å². The molecule has 2 aliphatic rings. The van der Waals surface area contributed by atoms with Crippen LogP contribution in [0.25, 0.3) is 0 Å². The van der Waals surface area contributed by atoms with Crippen molar-refractivity contribution < 1.29 is 14.7 Å². The minimum Gasteiger partial charge on any atom is -0.481 e. The maximum atomic E-state index is 12.7. The fourth-order valence-corrected chi connectivity index (χ4v) is 4.01. The zero-order valence-electron chi connectivity index (χ0n) is 11.3. The number of carboxylic acids is 1. The van der Waals surface area contributed by atoms with Crippen molar-refractivity contribution in [2.75, 3.05) is 0 Å². The Morgan fingerprint density at radius 3 is 2.24 bits per heavy atom. The summed E-state index contributed by atoms with van der Waals surface area (Å²) in [7, 11) is 0. The molecule has 0 radical (unpaired) electrons. The molecule has 1 aromatic rings. The van der Waals surface area contributed by atoms with Gasteiger partial charge in [0.15, 0.2) is 5.78 Å². The van der Waals surface area contributed by atoms with E-state index in [0.29, 0.717) is 24.7 Å². The normalized spacial score (nSPS) is 32.1.